The lowest BCUT2D eigenvalue weighted by atomic mass is 10.2. The first kappa shape index (κ1) is 16.7. The van der Waals surface area contributed by atoms with Crippen molar-refractivity contribution in [3.05, 3.63) is 27.2 Å². The zero-order valence-corrected chi connectivity index (χ0v) is 15.0. The lowest BCUT2D eigenvalue weighted by Gasteiger charge is -2.11. The molecule has 0 unspecified atom stereocenters. The predicted octanol–water partition coefficient (Wildman–Crippen LogP) is 3.69. The number of methoxy groups -OCH3 is 2. The number of aromatic nitrogens is 2. The van der Waals surface area contributed by atoms with Crippen LogP contribution in [0.15, 0.2) is 16.6 Å². The van der Waals surface area contributed by atoms with Crippen molar-refractivity contribution in [1.82, 2.24) is 10.2 Å². The molecule has 0 bridgehead atoms. The van der Waals surface area contributed by atoms with Crippen molar-refractivity contribution >= 4 is 38.3 Å². The molecule has 1 heterocycles. The van der Waals surface area contributed by atoms with E-state index in [-0.39, 0.29) is 11.8 Å². The molecule has 1 aromatic heterocycles. The van der Waals surface area contributed by atoms with Crippen molar-refractivity contribution in [3.63, 3.8) is 0 Å². The third-order valence-corrected chi connectivity index (χ3v) is 4.78. The molecule has 1 amide bonds. The number of hydrogen-bond acceptors (Lipinski definition) is 6. The monoisotopic (exact) mass is 385 g/mol. The minimum atomic E-state index is -0.296. The Labute approximate surface area is 141 Å². The summed E-state index contributed by atoms with van der Waals surface area (Å²) in [6.07, 6.45) is 0. The second kappa shape index (κ2) is 7.06. The molecule has 0 saturated carbocycles. The van der Waals surface area contributed by atoms with E-state index < -0.39 is 0 Å². The van der Waals surface area contributed by atoms with Gasteiger partial charge in [-0.2, -0.15) is 0 Å². The number of carbonyl (C=O) groups excluding carboxylic acids is 1. The average Bonchev–Trinajstić information content (AvgIpc) is 2.96. The second-order valence-electron chi connectivity index (χ2n) is 4.75. The fraction of sp³-hybridized carbons (Fsp3) is 0.357. The third kappa shape index (κ3) is 3.56. The van der Waals surface area contributed by atoms with Crippen LogP contribution in [-0.4, -0.2) is 30.3 Å². The number of benzene rings is 1. The van der Waals surface area contributed by atoms with Crippen molar-refractivity contribution in [1.29, 1.82) is 0 Å². The summed E-state index contributed by atoms with van der Waals surface area (Å²) in [7, 11) is 3.06. The highest BCUT2D eigenvalue weighted by Crippen LogP contribution is 2.35. The Morgan fingerprint density at radius 3 is 2.27 bits per heavy atom. The van der Waals surface area contributed by atoms with E-state index in [9.17, 15) is 4.79 Å². The first-order valence-corrected chi connectivity index (χ1v) is 8.13. The van der Waals surface area contributed by atoms with E-state index in [0.717, 1.165) is 5.01 Å². The van der Waals surface area contributed by atoms with Crippen LogP contribution in [0.2, 0.25) is 0 Å². The molecule has 22 heavy (non-hydrogen) atoms. The van der Waals surface area contributed by atoms with Crippen molar-refractivity contribution in [2.24, 2.45) is 0 Å². The number of anilines is 1. The predicted molar refractivity (Wildman–Crippen MR) is 89.2 cm³/mol. The Hall–Kier alpha value is -1.67. The quantitative estimate of drug-likeness (QED) is 0.849. The van der Waals surface area contributed by atoms with Gasteiger partial charge in [-0.25, -0.2) is 0 Å². The van der Waals surface area contributed by atoms with E-state index in [1.54, 1.807) is 12.1 Å². The summed E-state index contributed by atoms with van der Waals surface area (Å²) in [6.45, 7) is 4.05. The lowest BCUT2D eigenvalue weighted by molar-refractivity contribution is 0.102. The molecule has 0 spiro atoms. The fourth-order valence-electron chi connectivity index (χ4n) is 1.69. The van der Waals surface area contributed by atoms with E-state index in [0.29, 0.717) is 26.7 Å². The smallest absolute Gasteiger partial charge is 0.257 e. The molecule has 6 nitrogen and oxygen atoms in total. The highest BCUT2D eigenvalue weighted by atomic mass is 79.9. The van der Waals surface area contributed by atoms with Crippen molar-refractivity contribution in [2.45, 2.75) is 19.8 Å². The van der Waals surface area contributed by atoms with E-state index in [2.05, 4.69) is 31.4 Å². The molecule has 8 heteroatoms. The summed E-state index contributed by atoms with van der Waals surface area (Å²) in [4.78, 5) is 12.3. The average molecular weight is 386 g/mol. The van der Waals surface area contributed by atoms with Crippen LogP contribution < -0.4 is 14.8 Å². The van der Waals surface area contributed by atoms with Gasteiger partial charge in [0.25, 0.3) is 5.91 Å². The molecule has 0 aliphatic heterocycles. The molecule has 2 rings (SSSR count). The van der Waals surface area contributed by atoms with Crippen molar-refractivity contribution in [2.75, 3.05) is 19.5 Å². The zero-order chi connectivity index (χ0) is 16.3. The van der Waals surface area contributed by atoms with Gasteiger partial charge in [-0.3, -0.25) is 10.1 Å². The lowest BCUT2D eigenvalue weighted by Crippen LogP contribution is -2.12. The Balaban J connectivity index is 2.25. The van der Waals surface area contributed by atoms with Gasteiger partial charge in [-0.05, 0) is 28.1 Å². The number of halogens is 1. The molecule has 2 aromatic rings. The van der Waals surface area contributed by atoms with Crippen LogP contribution in [0.3, 0.4) is 0 Å². The number of carbonyl (C=O) groups is 1. The summed E-state index contributed by atoms with van der Waals surface area (Å²) in [5.74, 6) is 1.01. The normalized spacial score (nSPS) is 10.6. The third-order valence-electron chi connectivity index (χ3n) is 2.86. The number of nitrogens with one attached hydrogen (secondary N) is 1. The van der Waals surface area contributed by atoms with Gasteiger partial charge in [0.1, 0.15) is 21.0 Å². The summed E-state index contributed by atoms with van der Waals surface area (Å²) in [6, 6.07) is 3.26. The minimum Gasteiger partial charge on any atom is -0.495 e. The number of ether oxygens (including phenoxy) is 2. The van der Waals surface area contributed by atoms with E-state index in [1.165, 1.54) is 25.6 Å². The molecule has 0 aliphatic rings. The Kier molecular flexibility index (Phi) is 5.36. The largest absolute Gasteiger partial charge is 0.495 e. The minimum absolute atomic E-state index is 0.274. The van der Waals surface area contributed by atoms with Gasteiger partial charge in [-0.15, -0.1) is 10.2 Å². The molecule has 0 fully saturated rings. The summed E-state index contributed by atoms with van der Waals surface area (Å²) < 4.78 is 11.1. The first-order chi connectivity index (χ1) is 10.5. The molecule has 1 N–H and O–H groups in total. The molecule has 0 atom stereocenters. The molecule has 1 aromatic carbocycles. The van der Waals surface area contributed by atoms with Crippen LogP contribution in [-0.2, 0) is 0 Å². The van der Waals surface area contributed by atoms with Gasteiger partial charge in [0.2, 0.25) is 5.13 Å². The van der Waals surface area contributed by atoms with Crippen LogP contribution in [0.4, 0.5) is 5.13 Å². The van der Waals surface area contributed by atoms with E-state index >= 15 is 0 Å². The van der Waals surface area contributed by atoms with Gasteiger partial charge in [0, 0.05) is 11.5 Å². The van der Waals surface area contributed by atoms with E-state index in [4.69, 9.17) is 9.47 Å². The van der Waals surface area contributed by atoms with Crippen molar-refractivity contribution < 1.29 is 14.3 Å². The highest BCUT2D eigenvalue weighted by Gasteiger charge is 2.16. The van der Waals surface area contributed by atoms with E-state index in [1.807, 2.05) is 13.8 Å². The van der Waals surface area contributed by atoms with Crippen LogP contribution in [0.25, 0.3) is 0 Å². The van der Waals surface area contributed by atoms with Gasteiger partial charge in [-0.1, -0.05) is 25.2 Å². The maximum absolute atomic E-state index is 12.3. The van der Waals surface area contributed by atoms with Crippen LogP contribution >= 0.6 is 27.3 Å². The SMILES string of the molecule is COc1cc(C(=O)Nc2nnc(C(C)C)s2)cc(OC)c1Br. The molecular weight excluding hydrogens is 370 g/mol. The zero-order valence-electron chi connectivity index (χ0n) is 12.6. The van der Waals surface area contributed by atoms with Crippen LogP contribution in [0.1, 0.15) is 35.1 Å². The Morgan fingerprint density at radius 2 is 1.82 bits per heavy atom. The first-order valence-electron chi connectivity index (χ1n) is 6.52. The summed E-state index contributed by atoms with van der Waals surface area (Å²) >= 11 is 4.73. The molecule has 0 aliphatic carbocycles. The fourth-order valence-corrected chi connectivity index (χ4v) is 2.98. The van der Waals surface area contributed by atoms with Crippen LogP contribution in [0, 0.1) is 0 Å². The van der Waals surface area contributed by atoms with Gasteiger partial charge in [0.15, 0.2) is 0 Å². The van der Waals surface area contributed by atoms with Gasteiger partial charge < -0.3 is 9.47 Å². The number of rotatable bonds is 5. The number of amides is 1. The van der Waals surface area contributed by atoms with Crippen LogP contribution in [0.5, 0.6) is 11.5 Å². The molecule has 0 saturated heterocycles. The van der Waals surface area contributed by atoms with Crippen molar-refractivity contribution in [3.8, 4) is 11.5 Å². The number of nitrogens with zero attached hydrogens (tertiary/aromatic N) is 2. The maximum Gasteiger partial charge on any atom is 0.257 e. The highest BCUT2D eigenvalue weighted by molar-refractivity contribution is 9.10. The van der Waals surface area contributed by atoms with Gasteiger partial charge in [0.05, 0.1) is 14.2 Å². The summed E-state index contributed by atoms with van der Waals surface area (Å²) in [5, 5.41) is 12.1. The molecular formula is C14H16BrN3O3S. The Morgan fingerprint density at radius 1 is 1.23 bits per heavy atom. The summed E-state index contributed by atoms with van der Waals surface area (Å²) in [5.41, 5.74) is 0.415. The molecule has 0 radical (unpaired) electrons. The molecule has 118 valence electrons. The maximum atomic E-state index is 12.3. The standard InChI is InChI=1S/C14H16BrN3O3S/c1-7(2)13-17-18-14(22-13)16-12(19)8-5-9(20-3)11(15)10(6-8)21-4/h5-7H,1-4H3,(H,16,18,19). The topological polar surface area (TPSA) is 73.3 Å². The number of hydrogen-bond donors (Lipinski definition) is 1. The van der Waals surface area contributed by atoms with Gasteiger partial charge >= 0.3 is 0 Å². The Bertz CT molecular complexity index is 663. The second-order valence-corrected chi connectivity index (χ2v) is 6.55.